The van der Waals surface area contributed by atoms with Crippen LogP contribution in [0.3, 0.4) is 0 Å². The van der Waals surface area contributed by atoms with Crippen LogP contribution < -0.4 is 0 Å². The zero-order valence-corrected chi connectivity index (χ0v) is 15.2. The number of aromatic nitrogens is 1. The van der Waals surface area contributed by atoms with E-state index in [9.17, 15) is 14.7 Å². The van der Waals surface area contributed by atoms with E-state index >= 15 is 0 Å². The van der Waals surface area contributed by atoms with Gasteiger partial charge >= 0.3 is 0 Å². The Morgan fingerprint density at radius 2 is 2.04 bits per heavy atom. The molecule has 1 fully saturated rings. The van der Waals surface area contributed by atoms with E-state index in [0.717, 1.165) is 18.4 Å². The van der Waals surface area contributed by atoms with Crippen molar-refractivity contribution < 1.29 is 19.2 Å². The third-order valence-corrected chi connectivity index (χ3v) is 4.77. The number of likely N-dealkylation sites (tertiary alicyclic amines) is 1. The van der Waals surface area contributed by atoms with Gasteiger partial charge < -0.3 is 14.5 Å². The van der Waals surface area contributed by atoms with Crippen molar-refractivity contribution in [2.24, 2.45) is 0 Å². The number of Topliss-reactive ketones (excluding diaryl/α,β-unsaturated/α-hetero) is 1. The summed E-state index contributed by atoms with van der Waals surface area (Å²) in [6.07, 6.45) is 2.24. The lowest BCUT2D eigenvalue weighted by Gasteiger charge is -2.30. The highest BCUT2D eigenvalue weighted by Crippen LogP contribution is 2.20. The van der Waals surface area contributed by atoms with Crippen molar-refractivity contribution in [3.8, 4) is 0 Å². The second-order valence-corrected chi connectivity index (χ2v) is 6.76. The topological polar surface area (TPSA) is 83.6 Å². The molecule has 2 aromatic rings. The van der Waals surface area contributed by atoms with Crippen LogP contribution in [0.25, 0.3) is 0 Å². The molecule has 0 unspecified atom stereocenters. The molecule has 1 aliphatic rings. The molecule has 3 rings (SSSR count). The summed E-state index contributed by atoms with van der Waals surface area (Å²) in [6, 6.07) is 7.30. The average molecular weight is 356 g/mol. The molecule has 26 heavy (non-hydrogen) atoms. The second-order valence-electron chi connectivity index (χ2n) is 6.76. The number of nitrogens with zero attached hydrogens (tertiary/aromatic N) is 2. The summed E-state index contributed by atoms with van der Waals surface area (Å²) in [5.74, 6) is 0.453. The molecule has 6 nitrogen and oxygen atoms in total. The smallest absolute Gasteiger partial charge is 0.253 e. The van der Waals surface area contributed by atoms with Crippen LogP contribution in [0.4, 0.5) is 0 Å². The maximum atomic E-state index is 12.5. The number of amides is 1. The Bertz CT molecular complexity index is 795. The summed E-state index contributed by atoms with van der Waals surface area (Å²) in [7, 11) is 0. The number of ketones is 1. The van der Waals surface area contributed by atoms with Gasteiger partial charge in [0.15, 0.2) is 11.5 Å². The summed E-state index contributed by atoms with van der Waals surface area (Å²) in [5.41, 5.74) is 2.79. The minimum atomic E-state index is -0.434. The molecule has 1 N–H and O–H groups in total. The van der Waals surface area contributed by atoms with Crippen molar-refractivity contribution in [2.75, 3.05) is 13.1 Å². The Labute approximate surface area is 152 Å². The maximum Gasteiger partial charge on any atom is 0.253 e. The minimum Gasteiger partial charge on any atom is -0.391 e. The van der Waals surface area contributed by atoms with E-state index in [1.165, 1.54) is 6.92 Å². The highest BCUT2D eigenvalue weighted by Gasteiger charge is 2.23. The van der Waals surface area contributed by atoms with Gasteiger partial charge in [-0.2, -0.15) is 0 Å². The molecular weight excluding hydrogens is 332 g/mol. The number of carbonyl (C=O) groups is 2. The first-order chi connectivity index (χ1) is 12.5. The molecule has 1 aromatic heterocycles. The molecule has 1 amide bonds. The quantitative estimate of drug-likeness (QED) is 0.833. The normalized spacial score (nSPS) is 17.3. The number of benzene rings is 1. The van der Waals surface area contributed by atoms with Gasteiger partial charge in [-0.3, -0.25) is 9.59 Å². The van der Waals surface area contributed by atoms with Gasteiger partial charge in [0, 0.05) is 25.1 Å². The van der Waals surface area contributed by atoms with E-state index in [1.54, 1.807) is 17.0 Å². The SMILES string of the molecule is CCc1noc(Cc2ccc(C(=O)N3CCC[C@H](O)C3)cc2)c1C(C)=O. The summed E-state index contributed by atoms with van der Waals surface area (Å²) < 4.78 is 5.36. The van der Waals surface area contributed by atoms with Crippen molar-refractivity contribution in [1.82, 2.24) is 10.1 Å². The van der Waals surface area contributed by atoms with Gasteiger partial charge in [0.1, 0.15) is 0 Å². The van der Waals surface area contributed by atoms with Crippen LogP contribution in [0.2, 0.25) is 0 Å². The Morgan fingerprint density at radius 3 is 2.65 bits per heavy atom. The van der Waals surface area contributed by atoms with Crippen LogP contribution in [-0.4, -0.2) is 46.0 Å². The highest BCUT2D eigenvalue weighted by atomic mass is 16.5. The molecule has 2 heterocycles. The van der Waals surface area contributed by atoms with E-state index in [4.69, 9.17) is 4.52 Å². The number of hydrogen-bond donors (Lipinski definition) is 1. The van der Waals surface area contributed by atoms with Gasteiger partial charge in [0.05, 0.1) is 17.4 Å². The van der Waals surface area contributed by atoms with Crippen LogP contribution in [-0.2, 0) is 12.8 Å². The van der Waals surface area contributed by atoms with Crippen molar-refractivity contribution in [2.45, 2.75) is 45.6 Å². The van der Waals surface area contributed by atoms with Crippen LogP contribution in [0.5, 0.6) is 0 Å². The lowest BCUT2D eigenvalue weighted by Crippen LogP contribution is -2.42. The first kappa shape index (κ1) is 18.3. The molecule has 138 valence electrons. The van der Waals surface area contributed by atoms with E-state index < -0.39 is 6.10 Å². The number of rotatable bonds is 5. The standard InChI is InChI=1S/C20H24N2O4/c1-3-17-19(13(2)23)18(26-21-17)11-14-6-8-15(9-7-14)20(25)22-10-4-5-16(24)12-22/h6-9,16,24H,3-5,10-12H2,1-2H3/t16-/m0/s1. The molecule has 0 radical (unpaired) electrons. The van der Waals surface area contributed by atoms with Crippen molar-refractivity contribution in [3.05, 3.63) is 52.4 Å². The van der Waals surface area contributed by atoms with Gasteiger partial charge in [-0.25, -0.2) is 0 Å². The third kappa shape index (κ3) is 3.85. The molecule has 6 heteroatoms. The van der Waals surface area contributed by atoms with E-state index in [2.05, 4.69) is 5.16 Å². The van der Waals surface area contributed by atoms with E-state index in [0.29, 0.717) is 48.5 Å². The fraction of sp³-hybridized carbons (Fsp3) is 0.450. The lowest BCUT2D eigenvalue weighted by molar-refractivity contribution is 0.0473. The van der Waals surface area contributed by atoms with Gasteiger partial charge in [-0.15, -0.1) is 0 Å². The summed E-state index contributed by atoms with van der Waals surface area (Å²) in [4.78, 5) is 26.1. The minimum absolute atomic E-state index is 0.0476. The molecule has 0 spiro atoms. The zero-order valence-electron chi connectivity index (χ0n) is 15.2. The predicted octanol–water partition coefficient (Wildman–Crippen LogP) is 2.63. The molecular formula is C20H24N2O4. The summed E-state index contributed by atoms with van der Waals surface area (Å²) >= 11 is 0. The van der Waals surface area contributed by atoms with Gasteiger partial charge in [0.25, 0.3) is 5.91 Å². The van der Waals surface area contributed by atoms with Crippen LogP contribution in [0, 0.1) is 0 Å². The van der Waals surface area contributed by atoms with Crippen molar-refractivity contribution >= 4 is 11.7 Å². The third-order valence-electron chi connectivity index (χ3n) is 4.77. The highest BCUT2D eigenvalue weighted by molar-refractivity contribution is 5.96. The van der Waals surface area contributed by atoms with Crippen molar-refractivity contribution in [3.63, 3.8) is 0 Å². The molecule has 1 atom stereocenters. The molecule has 1 aromatic carbocycles. The molecule has 0 saturated carbocycles. The monoisotopic (exact) mass is 356 g/mol. The average Bonchev–Trinajstić information content (AvgIpc) is 3.04. The van der Waals surface area contributed by atoms with Crippen LogP contribution in [0.1, 0.15) is 64.4 Å². The Kier molecular flexibility index (Phi) is 5.52. The van der Waals surface area contributed by atoms with Gasteiger partial charge in [0.2, 0.25) is 0 Å². The fourth-order valence-electron chi connectivity index (χ4n) is 3.40. The van der Waals surface area contributed by atoms with Crippen molar-refractivity contribution in [1.29, 1.82) is 0 Å². The van der Waals surface area contributed by atoms with E-state index in [-0.39, 0.29) is 11.7 Å². The number of aryl methyl sites for hydroxylation is 1. The van der Waals surface area contributed by atoms with Crippen LogP contribution >= 0.6 is 0 Å². The Hall–Kier alpha value is -2.47. The second kappa shape index (κ2) is 7.83. The first-order valence-electron chi connectivity index (χ1n) is 9.04. The molecule has 0 aliphatic carbocycles. The number of aliphatic hydroxyl groups is 1. The number of hydrogen-bond acceptors (Lipinski definition) is 5. The Morgan fingerprint density at radius 1 is 1.31 bits per heavy atom. The van der Waals surface area contributed by atoms with E-state index in [1.807, 2.05) is 19.1 Å². The Balaban J connectivity index is 1.73. The summed E-state index contributed by atoms with van der Waals surface area (Å²) in [6.45, 7) is 4.52. The maximum absolute atomic E-state index is 12.5. The van der Waals surface area contributed by atoms with Gasteiger partial charge in [-0.05, 0) is 43.9 Å². The zero-order chi connectivity index (χ0) is 18.7. The lowest BCUT2D eigenvalue weighted by atomic mass is 10.0. The molecule has 0 bridgehead atoms. The largest absolute Gasteiger partial charge is 0.391 e. The number of carbonyl (C=O) groups excluding carboxylic acids is 2. The predicted molar refractivity (Wildman–Crippen MR) is 96.3 cm³/mol. The number of piperidine rings is 1. The first-order valence-corrected chi connectivity index (χ1v) is 9.04. The fourth-order valence-corrected chi connectivity index (χ4v) is 3.40. The summed E-state index contributed by atoms with van der Waals surface area (Å²) in [5, 5.41) is 13.7. The number of β-amino-alcohol motifs (C(OH)–C–C–N with tert-alkyl or cyclic N) is 1. The number of aliphatic hydroxyl groups excluding tert-OH is 1. The molecule has 1 saturated heterocycles. The molecule has 1 aliphatic heterocycles. The van der Waals surface area contributed by atoms with Gasteiger partial charge in [-0.1, -0.05) is 24.2 Å². The van der Waals surface area contributed by atoms with Crippen LogP contribution in [0.15, 0.2) is 28.8 Å².